The van der Waals surface area contributed by atoms with Gasteiger partial charge < -0.3 is 0 Å². The normalized spacial score (nSPS) is 22.8. The summed E-state index contributed by atoms with van der Waals surface area (Å²) in [6, 6.07) is 5.91. The Morgan fingerprint density at radius 2 is 1.67 bits per heavy atom. The maximum absolute atomic E-state index is 6.06. The van der Waals surface area contributed by atoms with Crippen LogP contribution in [0, 0.1) is 16.7 Å². The highest BCUT2D eigenvalue weighted by molar-refractivity contribution is 9.09. The summed E-state index contributed by atoms with van der Waals surface area (Å²) < 4.78 is 0. The lowest BCUT2D eigenvalue weighted by atomic mass is 10.0. The van der Waals surface area contributed by atoms with Crippen molar-refractivity contribution in [1.29, 1.82) is 0 Å². The van der Waals surface area contributed by atoms with E-state index in [1.54, 1.807) is 0 Å². The number of benzene rings is 1. The molecule has 1 aliphatic carbocycles. The van der Waals surface area contributed by atoms with Gasteiger partial charge in [-0.2, -0.15) is 0 Å². The second-order valence-electron chi connectivity index (χ2n) is 6.39. The van der Waals surface area contributed by atoms with Gasteiger partial charge in [-0.25, -0.2) is 0 Å². The van der Waals surface area contributed by atoms with E-state index in [0.717, 1.165) is 6.42 Å². The number of hydrogen-bond donors (Lipinski definition) is 0. The highest BCUT2D eigenvalue weighted by Gasteiger charge is 2.66. The first kappa shape index (κ1) is 14.7. The van der Waals surface area contributed by atoms with Crippen LogP contribution >= 0.6 is 39.1 Å². The van der Waals surface area contributed by atoms with E-state index in [1.807, 2.05) is 12.1 Å². The first-order valence-electron chi connectivity index (χ1n) is 6.26. The van der Waals surface area contributed by atoms with Crippen molar-refractivity contribution in [2.24, 2.45) is 16.7 Å². The van der Waals surface area contributed by atoms with E-state index in [9.17, 15) is 0 Å². The molecule has 0 aliphatic heterocycles. The molecule has 1 atom stereocenters. The summed E-state index contributed by atoms with van der Waals surface area (Å²) in [4.78, 5) is 0.486. The zero-order valence-corrected chi connectivity index (χ0v) is 14.3. The van der Waals surface area contributed by atoms with Gasteiger partial charge in [-0.1, -0.05) is 72.9 Å². The lowest BCUT2D eigenvalue weighted by Gasteiger charge is -2.12. The Morgan fingerprint density at radius 3 is 2.11 bits per heavy atom. The maximum Gasteiger partial charge on any atom is 0.0595 e. The summed E-state index contributed by atoms with van der Waals surface area (Å²) in [7, 11) is 0. The van der Waals surface area contributed by atoms with Crippen LogP contribution in [-0.2, 0) is 6.42 Å². The van der Waals surface area contributed by atoms with Crippen LogP contribution in [0.3, 0.4) is 0 Å². The molecular weight excluding hydrogens is 331 g/mol. The molecule has 1 fully saturated rings. The molecule has 0 amide bonds. The van der Waals surface area contributed by atoms with Crippen molar-refractivity contribution in [2.45, 2.75) is 38.9 Å². The van der Waals surface area contributed by atoms with Crippen LogP contribution in [0.25, 0.3) is 0 Å². The van der Waals surface area contributed by atoms with Crippen LogP contribution in [0.4, 0.5) is 0 Å². The van der Waals surface area contributed by atoms with E-state index in [2.05, 4.69) is 49.7 Å². The van der Waals surface area contributed by atoms with Gasteiger partial charge in [0.1, 0.15) is 0 Å². The van der Waals surface area contributed by atoms with Gasteiger partial charge in [0, 0.05) is 4.83 Å². The van der Waals surface area contributed by atoms with Crippen LogP contribution in [0.1, 0.15) is 33.3 Å². The fourth-order valence-electron chi connectivity index (χ4n) is 3.16. The average Bonchev–Trinajstić information content (AvgIpc) is 2.63. The number of rotatable bonds is 3. The Kier molecular flexibility index (Phi) is 3.82. The third kappa shape index (κ3) is 2.34. The highest BCUT2D eigenvalue weighted by atomic mass is 79.9. The number of hydrogen-bond acceptors (Lipinski definition) is 0. The second kappa shape index (κ2) is 4.68. The third-order valence-corrected chi connectivity index (χ3v) is 6.50. The molecule has 0 radical (unpaired) electrons. The zero-order valence-electron chi connectivity index (χ0n) is 11.2. The van der Waals surface area contributed by atoms with Gasteiger partial charge in [0.05, 0.1) is 10.0 Å². The van der Waals surface area contributed by atoms with Crippen molar-refractivity contribution in [1.82, 2.24) is 0 Å². The molecule has 18 heavy (non-hydrogen) atoms. The Bertz CT molecular complexity index is 452. The molecule has 3 heteroatoms. The smallest absolute Gasteiger partial charge is 0.0595 e. The van der Waals surface area contributed by atoms with Gasteiger partial charge in [-0.3, -0.25) is 0 Å². The van der Waals surface area contributed by atoms with E-state index < -0.39 is 0 Å². The van der Waals surface area contributed by atoms with Crippen LogP contribution in [0.5, 0.6) is 0 Å². The topological polar surface area (TPSA) is 0 Å². The molecule has 0 aromatic heterocycles. The van der Waals surface area contributed by atoms with Crippen molar-refractivity contribution in [2.75, 3.05) is 0 Å². The molecule has 1 aliphatic rings. The van der Waals surface area contributed by atoms with Gasteiger partial charge in [-0.15, -0.1) is 0 Å². The van der Waals surface area contributed by atoms with Gasteiger partial charge in [0.2, 0.25) is 0 Å². The minimum absolute atomic E-state index is 0.400. The van der Waals surface area contributed by atoms with E-state index in [-0.39, 0.29) is 0 Å². The molecule has 0 heterocycles. The Morgan fingerprint density at radius 1 is 1.11 bits per heavy atom. The van der Waals surface area contributed by atoms with Crippen LogP contribution in [0.2, 0.25) is 10.0 Å². The first-order valence-corrected chi connectivity index (χ1v) is 7.93. The average molecular weight is 350 g/mol. The van der Waals surface area contributed by atoms with Gasteiger partial charge in [0.15, 0.2) is 0 Å². The van der Waals surface area contributed by atoms with Crippen molar-refractivity contribution < 1.29 is 0 Å². The molecule has 1 aromatic rings. The number of alkyl halides is 1. The summed E-state index contributed by atoms with van der Waals surface area (Å²) in [6.07, 6.45) is 0.994. The van der Waals surface area contributed by atoms with Crippen LogP contribution in [-0.4, -0.2) is 4.83 Å². The van der Waals surface area contributed by atoms with E-state index in [0.29, 0.717) is 31.6 Å². The fraction of sp³-hybridized carbons (Fsp3) is 0.600. The molecule has 0 N–H and O–H groups in total. The molecule has 100 valence electrons. The van der Waals surface area contributed by atoms with Crippen molar-refractivity contribution >= 4 is 39.1 Å². The first-order chi connectivity index (χ1) is 8.18. The summed E-state index contributed by atoms with van der Waals surface area (Å²) in [5, 5.41) is 1.27. The largest absolute Gasteiger partial charge is 0.0884 e. The minimum Gasteiger partial charge on any atom is -0.0884 e. The van der Waals surface area contributed by atoms with E-state index in [4.69, 9.17) is 23.2 Å². The predicted octanol–water partition coefficient (Wildman–Crippen LogP) is 5.98. The van der Waals surface area contributed by atoms with Crippen molar-refractivity contribution in [3.63, 3.8) is 0 Å². The van der Waals surface area contributed by atoms with E-state index in [1.165, 1.54) is 5.56 Å². The molecule has 0 nitrogen and oxygen atoms in total. The maximum atomic E-state index is 6.06. The van der Waals surface area contributed by atoms with Crippen molar-refractivity contribution in [3.05, 3.63) is 33.8 Å². The van der Waals surface area contributed by atoms with Gasteiger partial charge in [-0.05, 0) is 40.9 Å². The highest BCUT2D eigenvalue weighted by Crippen LogP contribution is 2.71. The van der Waals surface area contributed by atoms with E-state index >= 15 is 0 Å². The Balaban J connectivity index is 2.09. The number of halogens is 3. The summed E-state index contributed by atoms with van der Waals surface area (Å²) in [5.41, 5.74) is 2.04. The molecule has 0 spiro atoms. The predicted molar refractivity (Wildman–Crippen MR) is 83.9 cm³/mol. The molecule has 1 unspecified atom stereocenters. The SMILES string of the molecule is CC1(C)C(C(Br)Cc2ccc(Cl)c(Cl)c2)C1(C)C. The van der Waals surface area contributed by atoms with Crippen molar-refractivity contribution in [3.8, 4) is 0 Å². The van der Waals surface area contributed by atoms with Crippen LogP contribution < -0.4 is 0 Å². The summed E-state index contributed by atoms with van der Waals surface area (Å²) in [5.74, 6) is 0.694. The Hall–Kier alpha value is 0.280. The Labute approximate surface area is 128 Å². The third-order valence-electron chi connectivity index (χ3n) is 4.91. The molecule has 0 bridgehead atoms. The van der Waals surface area contributed by atoms with Crippen LogP contribution in [0.15, 0.2) is 18.2 Å². The fourth-order valence-corrected chi connectivity index (χ4v) is 5.18. The van der Waals surface area contributed by atoms with Gasteiger partial charge >= 0.3 is 0 Å². The lowest BCUT2D eigenvalue weighted by Crippen LogP contribution is -2.10. The van der Waals surface area contributed by atoms with Gasteiger partial charge in [0.25, 0.3) is 0 Å². The molecule has 0 saturated heterocycles. The second-order valence-corrected chi connectivity index (χ2v) is 8.38. The quantitative estimate of drug-likeness (QED) is 0.588. The standard InChI is InChI=1S/C15H19BrCl2/c1-14(2)13(15(14,3)4)10(16)7-9-5-6-11(17)12(18)8-9/h5-6,8,10,13H,7H2,1-4H3. The molecular formula is C15H19BrCl2. The summed E-state index contributed by atoms with van der Waals surface area (Å²) >= 11 is 15.9. The molecule has 2 rings (SSSR count). The monoisotopic (exact) mass is 348 g/mol. The zero-order chi connectivity index (χ0) is 13.7. The molecule has 1 aromatic carbocycles. The molecule has 1 saturated carbocycles. The summed E-state index contributed by atoms with van der Waals surface area (Å²) in [6.45, 7) is 9.39. The minimum atomic E-state index is 0.400. The lowest BCUT2D eigenvalue weighted by molar-refractivity contribution is 0.457.